The second-order valence-electron chi connectivity index (χ2n) is 15.7. The predicted octanol–water partition coefficient (Wildman–Crippen LogP) is 5.02. The van der Waals surface area contributed by atoms with E-state index in [1.54, 1.807) is 6.07 Å². The zero-order valence-electron chi connectivity index (χ0n) is 35.2. The number of Topliss-reactive ketones (excluding diaryl/α,β-unsaturated/α-hetero) is 2. The van der Waals surface area contributed by atoms with E-state index in [4.69, 9.17) is 29.8 Å². The minimum atomic E-state index is -1.54. The van der Waals surface area contributed by atoms with Gasteiger partial charge in [0.05, 0.1) is 12.1 Å². The standard InChI is InChI=1S/C23H24F2N2O5.C15H21FN2O3.C8H5FO3.CH4/c24-16-5-3-14(4-6-16)21(29)23(30)26-18(13-27-7-1-2-8-27)20(28)15-11-17(25)22-19(12-15)31-9-10-32-22;16-11-7-10(8-13-15(11)21-6-5-20-13)14(19)12(17)9-18-3-1-2-4-18;9-6-3-1-5(2-4-6)7(10)8(11)12;/h3-6,11-12,18,20,28H,1-2,7-10,13H2,(H,26,30);7-8,12,14,19H,1-6,9,17H2;1-4H,(H,11,12);1H4/t18-,20-;12-,14-;;/m11../s1. The maximum Gasteiger partial charge on any atom is 0.377 e. The molecule has 0 unspecified atom stereocenters. The third-order valence-corrected chi connectivity index (χ3v) is 11.0. The first-order chi connectivity index (χ1) is 31.2. The number of carboxylic acids is 1. The fraction of sp³-hybridized carbons (Fsp3) is 0.404. The number of rotatable bonds is 13. The number of nitrogens with one attached hydrogen (secondary N) is 1. The summed E-state index contributed by atoms with van der Waals surface area (Å²) in [5, 5.41) is 32.2. The fourth-order valence-electron chi connectivity index (χ4n) is 7.60. The van der Waals surface area contributed by atoms with Gasteiger partial charge < -0.3 is 55.1 Å². The van der Waals surface area contributed by atoms with E-state index in [9.17, 15) is 47.0 Å². The molecule has 2 fully saturated rings. The maximum atomic E-state index is 14.5. The minimum absolute atomic E-state index is 0. The van der Waals surface area contributed by atoms with Crippen LogP contribution in [0.5, 0.6) is 23.0 Å². The molecule has 356 valence electrons. The van der Waals surface area contributed by atoms with E-state index in [2.05, 4.69) is 15.1 Å². The number of hydrogen-bond acceptors (Lipinski definition) is 13. The van der Waals surface area contributed by atoms with Gasteiger partial charge in [-0.1, -0.05) is 7.43 Å². The molecule has 8 rings (SSSR count). The molecule has 4 aromatic carbocycles. The van der Waals surface area contributed by atoms with Crippen molar-refractivity contribution in [2.75, 3.05) is 65.7 Å². The number of carboxylic acid groups (broad SMARTS) is 1. The van der Waals surface area contributed by atoms with Crippen LogP contribution in [0, 0.1) is 23.3 Å². The Hall–Kier alpha value is -6.12. The fourth-order valence-corrected chi connectivity index (χ4v) is 7.60. The van der Waals surface area contributed by atoms with Crippen LogP contribution in [0.25, 0.3) is 0 Å². The molecule has 4 aliphatic heterocycles. The number of nitrogens with two attached hydrogens (primary N) is 1. The van der Waals surface area contributed by atoms with Crippen LogP contribution in [0.2, 0.25) is 0 Å². The van der Waals surface area contributed by atoms with Gasteiger partial charge in [0.25, 0.3) is 11.7 Å². The zero-order valence-corrected chi connectivity index (χ0v) is 35.2. The van der Waals surface area contributed by atoms with Crippen LogP contribution in [-0.4, -0.2) is 126 Å². The zero-order chi connectivity index (χ0) is 46.6. The number of fused-ring (bicyclic) bond motifs is 2. The van der Waals surface area contributed by atoms with Crippen LogP contribution in [0.3, 0.4) is 0 Å². The Labute approximate surface area is 379 Å². The number of halogens is 4. The molecule has 2 saturated heterocycles. The number of amides is 1. The second-order valence-corrected chi connectivity index (χ2v) is 15.7. The van der Waals surface area contributed by atoms with E-state index in [-0.39, 0.29) is 61.1 Å². The van der Waals surface area contributed by atoms with Crippen LogP contribution in [0.15, 0.2) is 72.8 Å². The summed E-state index contributed by atoms with van der Waals surface area (Å²) in [5.41, 5.74) is 6.71. The van der Waals surface area contributed by atoms with Crippen molar-refractivity contribution in [2.45, 2.75) is 57.4 Å². The molecule has 4 atom stereocenters. The molecule has 0 aliphatic carbocycles. The summed E-state index contributed by atoms with van der Waals surface area (Å²) >= 11 is 0. The van der Waals surface area contributed by atoms with Crippen LogP contribution in [0.1, 0.15) is 77.2 Å². The lowest BCUT2D eigenvalue weighted by atomic mass is 10.00. The smallest absolute Gasteiger partial charge is 0.377 e. The highest BCUT2D eigenvalue weighted by Gasteiger charge is 2.31. The van der Waals surface area contributed by atoms with Crippen molar-refractivity contribution in [3.63, 3.8) is 0 Å². The van der Waals surface area contributed by atoms with Gasteiger partial charge >= 0.3 is 5.97 Å². The van der Waals surface area contributed by atoms with Crippen LogP contribution < -0.4 is 30.0 Å². The number of likely N-dealkylation sites (tertiary alicyclic amines) is 2. The van der Waals surface area contributed by atoms with Gasteiger partial charge in [-0.15, -0.1) is 0 Å². The highest BCUT2D eigenvalue weighted by atomic mass is 19.1. The van der Waals surface area contributed by atoms with Crippen molar-refractivity contribution in [1.82, 2.24) is 15.1 Å². The maximum absolute atomic E-state index is 14.5. The Bertz CT molecular complexity index is 2290. The lowest BCUT2D eigenvalue weighted by molar-refractivity contribution is -0.131. The molecule has 0 spiro atoms. The van der Waals surface area contributed by atoms with Gasteiger partial charge in [-0.3, -0.25) is 14.4 Å². The summed E-state index contributed by atoms with van der Waals surface area (Å²) in [6.07, 6.45) is 2.10. The number of aliphatic hydroxyl groups is 2. The number of nitrogens with zero attached hydrogens (tertiary/aromatic N) is 2. The number of aliphatic hydroxyl groups excluding tert-OH is 2. The average Bonchev–Trinajstić information content (AvgIpc) is 4.04. The molecule has 4 heterocycles. The van der Waals surface area contributed by atoms with E-state index in [1.807, 2.05) is 0 Å². The number of aliphatic carboxylic acids is 1. The molecule has 0 saturated carbocycles. The lowest BCUT2D eigenvalue weighted by Crippen LogP contribution is -2.48. The number of ether oxygens (including phenoxy) is 4. The number of carbonyl (C=O) groups excluding carboxylic acids is 3. The summed E-state index contributed by atoms with van der Waals surface area (Å²) in [5.74, 6) is -5.96. The summed E-state index contributed by atoms with van der Waals surface area (Å²) in [4.78, 5) is 50.3. The van der Waals surface area contributed by atoms with E-state index < -0.39 is 71.0 Å². The van der Waals surface area contributed by atoms with Crippen molar-refractivity contribution in [3.8, 4) is 23.0 Å². The van der Waals surface area contributed by atoms with E-state index >= 15 is 0 Å². The molecule has 66 heavy (non-hydrogen) atoms. The van der Waals surface area contributed by atoms with Gasteiger partial charge in [-0.05, 0) is 136 Å². The third-order valence-electron chi connectivity index (χ3n) is 11.0. The first-order valence-electron chi connectivity index (χ1n) is 21.1. The molecule has 6 N–H and O–H groups in total. The highest BCUT2D eigenvalue weighted by Crippen LogP contribution is 2.38. The summed E-state index contributed by atoms with van der Waals surface area (Å²) in [7, 11) is 0. The molecular weight excluding hydrogens is 873 g/mol. The van der Waals surface area contributed by atoms with Crippen molar-refractivity contribution >= 4 is 23.4 Å². The molecule has 19 heteroatoms. The molecular formula is C47H54F4N4O11. The average molecular weight is 927 g/mol. The summed E-state index contributed by atoms with van der Waals surface area (Å²) in [6, 6.07) is 13.1. The summed E-state index contributed by atoms with van der Waals surface area (Å²) < 4.78 is 75.3. The topological polar surface area (TPSA) is 210 Å². The first kappa shape index (κ1) is 50.9. The molecule has 15 nitrogen and oxygen atoms in total. The van der Waals surface area contributed by atoms with Crippen molar-refractivity contribution in [1.29, 1.82) is 0 Å². The Morgan fingerprint density at radius 1 is 0.606 bits per heavy atom. The van der Waals surface area contributed by atoms with Gasteiger partial charge in [0, 0.05) is 30.3 Å². The number of hydrogen-bond donors (Lipinski definition) is 5. The Morgan fingerprint density at radius 3 is 1.47 bits per heavy atom. The molecule has 4 aliphatic rings. The Morgan fingerprint density at radius 2 is 1.02 bits per heavy atom. The van der Waals surface area contributed by atoms with Crippen molar-refractivity contribution < 1.29 is 71.0 Å². The molecule has 4 aromatic rings. The highest BCUT2D eigenvalue weighted by molar-refractivity contribution is 6.42. The monoisotopic (exact) mass is 926 g/mol. The van der Waals surface area contributed by atoms with Crippen LogP contribution in [-0.2, 0) is 9.59 Å². The van der Waals surface area contributed by atoms with Gasteiger partial charge in [0.15, 0.2) is 34.6 Å². The van der Waals surface area contributed by atoms with E-state index in [0.717, 1.165) is 81.5 Å². The Kier molecular flexibility index (Phi) is 18.4. The minimum Gasteiger partial charge on any atom is -0.486 e. The predicted molar refractivity (Wildman–Crippen MR) is 232 cm³/mol. The van der Waals surface area contributed by atoms with Gasteiger partial charge in [-0.2, -0.15) is 0 Å². The molecule has 1 amide bonds. The lowest BCUT2D eigenvalue weighted by Gasteiger charge is -2.29. The van der Waals surface area contributed by atoms with Gasteiger partial charge in [0.1, 0.15) is 44.2 Å². The summed E-state index contributed by atoms with van der Waals surface area (Å²) in [6.45, 7) is 5.69. The molecule has 0 radical (unpaired) electrons. The van der Waals surface area contributed by atoms with Crippen molar-refractivity contribution in [3.05, 3.63) is 118 Å². The van der Waals surface area contributed by atoms with E-state index in [0.29, 0.717) is 31.1 Å². The van der Waals surface area contributed by atoms with Crippen molar-refractivity contribution in [2.24, 2.45) is 5.73 Å². The van der Waals surface area contributed by atoms with Crippen LogP contribution in [0.4, 0.5) is 17.6 Å². The second kappa shape index (κ2) is 23.9. The number of carbonyl (C=O) groups is 4. The van der Waals surface area contributed by atoms with E-state index in [1.165, 1.54) is 37.1 Å². The first-order valence-corrected chi connectivity index (χ1v) is 21.1. The molecule has 0 aromatic heterocycles. The Balaban J connectivity index is 0.000000206. The SMILES string of the molecule is C.N[C@H](CN1CCCC1)[C@H](O)c1cc(F)c2c(c1)OCCO2.O=C(N[C@H](CN1CCCC1)[C@H](O)c1cc(F)c2c(c1)OCCO2)C(=O)c1ccc(F)cc1.O=C(O)C(=O)c1ccc(F)cc1. The molecule has 0 bridgehead atoms. The van der Waals surface area contributed by atoms with Gasteiger partial charge in [0.2, 0.25) is 5.78 Å². The van der Waals surface area contributed by atoms with Gasteiger partial charge in [-0.25, -0.2) is 22.4 Å². The number of benzene rings is 4. The van der Waals surface area contributed by atoms with Crippen LogP contribution >= 0.6 is 0 Å². The third kappa shape index (κ3) is 13.5. The number of ketones is 2. The quantitative estimate of drug-likeness (QED) is 0.0678. The normalized spacial score (nSPS) is 17.0. The largest absolute Gasteiger partial charge is 0.486 e.